The molecule has 0 saturated heterocycles. The van der Waals surface area contributed by atoms with Gasteiger partial charge in [0.1, 0.15) is 5.82 Å². The smallest absolute Gasteiger partial charge is 0.192 e. The maximum atomic E-state index is 5.76. The van der Waals surface area contributed by atoms with Gasteiger partial charge in [-0.25, -0.2) is 9.98 Å². The van der Waals surface area contributed by atoms with E-state index in [0.717, 1.165) is 40.9 Å². The van der Waals surface area contributed by atoms with Gasteiger partial charge in [-0.2, -0.15) is 0 Å². The predicted molar refractivity (Wildman–Crippen MR) is 124 cm³/mol. The third-order valence-electron chi connectivity index (χ3n) is 4.45. The van der Waals surface area contributed by atoms with E-state index in [1.54, 1.807) is 0 Å². The Balaban J connectivity index is 2.14. The van der Waals surface area contributed by atoms with Gasteiger partial charge >= 0.3 is 0 Å². The zero-order chi connectivity index (χ0) is 21.9. The molecular weight excluding hydrogens is 378 g/mol. The molecular formula is C23H35N5O2. The van der Waals surface area contributed by atoms with Gasteiger partial charge in [-0.15, -0.1) is 0 Å². The number of aromatic nitrogens is 1. The lowest BCUT2D eigenvalue weighted by atomic mass is 10.1. The molecule has 2 N–H and O–H groups in total. The first-order chi connectivity index (χ1) is 14.5. The molecule has 164 valence electrons. The maximum absolute atomic E-state index is 5.76. The molecule has 1 aromatic heterocycles. The number of hydrogen-bond acceptors (Lipinski definition) is 5. The van der Waals surface area contributed by atoms with Crippen LogP contribution in [0.3, 0.4) is 0 Å². The number of pyridine rings is 1. The van der Waals surface area contributed by atoms with Gasteiger partial charge in [-0.05, 0) is 63.1 Å². The Kier molecular flexibility index (Phi) is 9.25. The molecule has 7 nitrogen and oxygen atoms in total. The molecule has 0 amide bonds. The van der Waals surface area contributed by atoms with E-state index in [0.29, 0.717) is 19.8 Å². The number of nitrogens with one attached hydrogen (secondary N) is 2. The topological polar surface area (TPSA) is 71.0 Å². The number of nitrogens with zero attached hydrogens (tertiary/aromatic N) is 3. The van der Waals surface area contributed by atoms with Crippen LogP contribution in [0.4, 0.5) is 5.82 Å². The quantitative estimate of drug-likeness (QED) is 0.456. The van der Waals surface area contributed by atoms with Crippen LogP contribution >= 0.6 is 0 Å². The van der Waals surface area contributed by atoms with Crippen LogP contribution in [0.25, 0.3) is 0 Å². The number of aliphatic imine (C=N–C) groups is 1. The summed E-state index contributed by atoms with van der Waals surface area (Å²) in [5, 5.41) is 6.80. The lowest BCUT2D eigenvalue weighted by molar-refractivity contribution is 0.287. The molecule has 0 saturated carbocycles. The van der Waals surface area contributed by atoms with Crippen molar-refractivity contribution in [3.8, 4) is 11.5 Å². The average Bonchev–Trinajstić information content (AvgIpc) is 2.74. The number of ether oxygens (including phenoxy) is 2. The van der Waals surface area contributed by atoms with Gasteiger partial charge in [-0.1, -0.05) is 6.07 Å². The van der Waals surface area contributed by atoms with Crippen molar-refractivity contribution in [2.24, 2.45) is 4.99 Å². The van der Waals surface area contributed by atoms with Crippen LogP contribution in [-0.2, 0) is 6.54 Å². The minimum absolute atomic E-state index is 0.0486. The van der Waals surface area contributed by atoms with E-state index in [4.69, 9.17) is 14.5 Å². The zero-order valence-electron chi connectivity index (χ0n) is 19.0. The van der Waals surface area contributed by atoms with Gasteiger partial charge in [0.25, 0.3) is 0 Å². The Morgan fingerprint density at radius 3 is 2.47 bits per heavy atom. The average molecular weight is 414 g/mol. The second-order valence-electron chi connectivity index (χ2n) is 7.05. The highest BCUT2D eigenvalue weighted by atomic mass is 16.5. The van der Waals surface area contributed by atoms with Crippen molar-refractivity contribution >= 4 is 11.8 Å². The molecule has 0 spiro atoms. The number of anilines is 1. The highest BCUT2D eigenvalue weighted by molar-refractivity contribution is 5.80. The molecule has 0 aliphatic heterocycles. The number of rotatable bonds is 10. The third kappa shape index (κ3) is 6.83. The van der Waals surface area contributed by atoms with Gasteiger partial charge in [0.15, 0.2) is 17.5 Å². The van der Waals surface area contributed by atoms with Gasteiger partial charge in [0, 0.05) is 26.8 Å². The number of benzene rings is 1. The summed E-state index contributed by atoms with van der Waals surface area (Å²) in [6, 6.07) is 10.1. The third-order valence-corrected chi connectivity index (χ3v) is 4.45. The predicted octanol–water partition coefficient (Wildman–Crippen LogP) is 3.76. The van der Waals surface area contributed by atoms with Gasteiger partial charge < -0.3 is 25.0 Å². The fraction of sp³-hybridized carbons (Fsp3) is 0.478. The van der Waals surface area contributed by atoms with E-state index in [1.807, 2.05) is 57.2 Å². The van der Waals surface area contributed by atoms with E-state index in [9.17, 15) is 0 Å². The first-order valence-electron chi connectivity index (χ1n) is 10.5. The summed E-state index contributed by atoms with van der Waals surface area (Å²) in [5.74, 6) is 3.22. The molecule has 7 heteroatoms. The Bertz CT molecular complexity index is 823. The summed E-state index contributed by atoms with van der Waals surface area (Å²) in [4.78, 5) is 11.1. The Morgan fingerprint density at radius 2 is 1.80 bits per heavy atom. The Morgan fingerprint density at radius 1 is 1.07 bits per heavy atom. The van der Waals surface area contributed by atoms with E-state index in [-0.39, 0.29) is 6.04 Å². The van der Waals surface area contributed by atoms with Crippen LogP contribution in [0.1, 0.15) is 44.9 Å². The monoisotopic (exact) mass is 413 g/mol. The van der Waals surface area contributed by atoms with Crippen molar-refractivity contribution < 1.29 is 9.47 Å². The van der Waals surface area contributed by atoms with Gasteiger partial charge in [0.2, 0.25) is 0 Å². The standard InChI is InChI=1S/C23H35N5O2/c1-7-24-23(26-16-18-12-13-25-22(14-18)28(5)6)27-17(4)19-10-11-20(29-8-2)21(15-19)30-9-3/h10-15,17H,7-9,16H2,1-6H3,(H2,24,26,27). The SMILES string of the molecule is CCNC(=NCc1ccnc(N(C)C)c1)NC(C)c1ccc(OCC)c(OCC)c1. The minimum atomic E-state index is 0.0486. The van der Waals surface area contributed by atoms with E-state index in [1.165, 1.54) is 0 Å². The van der Waals surface area contributed by atoms with Crippen molar-refractivity contribution in [1.82, 2.24) is 15.6 Å². The first-order valence-corrected chi connectivity index (χ1v) is 10.5. The van der Waals surface area contributed by atoms with Crippen molar-refractivity contribution in [2.75, 3.05) is 38.8 Å². The Hall–Kier alpha value is -2.96. The van der Waals surface area contributed by atoms with Crippen LogP contribution in [0.5, 0.6) is 11.5 Å². The maximum Gasteiger partial charge on any atom is 0.192 e. The van der Waals surface area contributed by atoms with Crippen molar-refractivity contribution in [1.29, 1.82) is 0 Å². The zero-order valence-corrected chi connectivity index (χ0v) is 19.0. The molecule has 0 radical (unpaired) electrons. The van der Waals surface area contributed by atoms with Crippen molar-refractivity contribution in [2.45, 2.75) is 40.3 Å². The fourth-order valence-electron chi connectivity index (χ4n) is 2.92. The lowest BCUT2D eigenvalue weighted by Gasteiger charge is -2.20. The molecule has 0 bridgehead atoms. The van der Waals surface area contributed by atoms with Crippen LogP contribution in [0.2, 0.25) is 0 Å². The summed E-state index contributed by atoms with van der Waals surface area (Å²) in [6.07, 6.45) is 1.82. The summed E-state index contributed by atoms with van der Waals surface area (Å²) in [7, 11) is 3.96. The number of hydrogen-bond donors (Lipinski definition) is 2. The molecule has 0 aliphatic rings. The molecule has 0 aliphatic carbocycles. The largest absolute Gasteiger partial charge is 0.490 e. The minimum Gasteiger partial charge on any atom is -0.490 e. The second kappa shape index (κ2) is 11.9. The Labute approximate surface area is 180 Å². The molecule has 2 aromatic rings. The summed E-state index contributed by atoms with van der Waals surface area (Å²) < 4.78 is 11.4. The van der Waals surface area contributed by atoms with Crippen LogP contribution in [0.15, 0.2) is 41.5 Å². The molecule has 0 fully saturated rings. The first kappa shape index (κ1) is 23.3. The highest BCUT2D eigenvalue weighted by Crippen LogP contribution is 2.30. The molecule has 2 rings (SSSR count). The second-order valence-corrected chi connectivity index (χ2v) is 7.05. The summed E-state index contributed by atoms with van der Waals surface area (Å²) in [5.41, 5.74) is 2.21. The van der Waals surface area contributed by atoms with Crippen LogP contribution in [0, 0.1) is 0 Å². The molecule has 30 heavy (non-hydrogen) atoms. The molecule has 1 unspecified atom stereocenters. The van der Waals surface area contributed by atoms with Crippen molar-refractivity contribution in [3.05, 3.63) is 47.7 Å². The van der Waals surface area contributed by atoms with Gasteiger partial charge in [0.05, 0.1) is 25.8 Å². The van der Waals surface area contributed by atoms with Crippen molar-refractivity contribution in [3.63, 3.8) is 0 Å². The van der Waals surface area contributed by atoms with E-state index < -0.39 is 0 Å². The lowest BCUT2D eigenvalue weighted by Crippen LogP contribution is -2.38. The summed E-state index contributed by atoms with van der Waals surface area (Å²) >= 11 is 0. The van der Waals surface area contributed by atoms with E-state index >= 15 is 0 Å². The fourth-order valence-corrected chi connectivity index (χ4v) is 2.92. The van der Waals surface area contributed by atoms with E-state index in [2.05, 4.69) is 41.6 Å². The summed E-state index contributed by atoms with van der Waals surface area (Å²) in [6.45, 7) is 10.7. The highest BCUT2D eigenvalue weighted by Gasteiger charge is 2.12. The molecule has 1 heterocycles. The van der Waals surface area contributed by atoms with Gasteiger partial charge in [-0.3, -0.25) is 0 Å². The van der Waals surface area contributed by atoms with Crippen LogP contribution in [-0.4, -0.2) is 44.8 Å². The normalized spacial score (nSPS) is 12.3. The number of guanidine groups is 1. The molecule has 1 atom stereocenters. The molecule has 1 aromatic carbocycles. The van der Waals surface area contributed by atoms with Crippen LogP contribution < -0.4 is 25.0 Å².